The second-order valence-corrected chi connectivity index (χ2v) is 8.28. The Morgan fingerprint density at radius 2 is 1.96 bits per heavy atom. The maximum Gasteiger partial charge on any atom is 0.315 e. The molecule has 27 heavy (non-hydrogen) atoms. The number of carbonyl (C=O) groups excluding carboxylic acids is 2. The first-order chi connectivity index (χ1) is 12.9. The Hall–Kier alpha value is -1.88. The van der Waals surface area contributed by atoms with Crippen molar-refractivity contribution < 1.29 is 14.3 Å². The number of fused-ring (bicyclic) bond motifs is 1. The van der Waals surface area contributed by atoms with Gasteiger partial charge in [0, 0.05) is 22.3 Å². The highest BCUT2D eigenvalue weighted by molar-refractivity contribution is 9.10. The standard InChI is InChI=1S/C22H26BrNO3/c1-4-5-6-16-13-19-18(22(26)27-14(2)3)11-12-24(19)20(16)21(25)15-7-9-17(23)10-8-15/h7-10,13-14,18H,4-6,11-12H2,1-3H3. The number of hydrogen-bond acceptors (Lipinski definition) is 3. The molecule has 0 radical (unpaired) electrons. The summed E-state index contributed by atoms with van der Waals surface area (Å²) in [6.45, 7) is 6.54. The zero-order chi connectivity index (χ0) is 19.6. The normalized spacial score (nSPS) is 15.8. The first-order valence-corrected chi connectivity index (χ1v) is 10.4. The molecule has 2 heterocycles. The summed E-state index contributed by atoms with van der Waals surface area (Å²) in [5.74, 6) is -0.442. The highest BCUT2D eigenvalue weighted by atomic mass is 79.9. The number of rotatable bonds is 7. The predicted molar refractivity (Wildman–Crippen MR) is 109 cm³/mol. The fraction of sp³-hybridized carbons (Fsp3) is 0.455. The van der Waals surface area contributed by atoms with Gasteiger partial charge >= 0.3 is 5.97 Å². The van der Waals surface area contributed by atoms with Crippen molar-refractivity contribution in [2.24, 2.45) is 0 Å². The van der Waals surface area contributed by atoms with Crippen LogP contribution in [-0.2, 0) is 22.5 Å². The molecular weight excluding hydrogens is 406 g/mol. The third-order valence-electron chi connectivity index (χ3n) is 4.96. The van der Waals surface area contributed by atoms with Crippen LogP contribution < -0.4 is 0 Å². The lowest BCUT2D eigenvalue weighted by Crippen LogP contribution is -2.18. The minimum Gasteiger partial charge on any atom is -0.462 e. The molecule has 3 rings (SSSR count). The average molecular weight is 432 g/mol. The van der Waals surface area contributed by atoms with Crippen LogP contribution in [0, 0.1) is 0 Å². The van der Waals surface area contributed by atoms with Gasteiger partial charge in [0.05, 0.1) is 17.7 Å². The number of nitrogens with zero attached hydrogens (tertiary/aromatic N) is 1. The number of ketones is 1. The maximum atomic E-state index is 13.3. The summed E-state index contributed by atoms with van der Waals surface area (Å²) in [6, 6.07) is 9.51. The molecule has 0 amide bonds. The molecule has 0 aliphatic carbocycles. The smallest absolute Gasteiger partial charge is 0.315 e. The molecule has 1 aliphatic heterocycles. The first kappa shape index (κ1) is 19.9. The molecular formula is C22H26BrNO3. The molecule has 0 spiro atoms. The number of aromatic nitrogens is 1. The third-order valence-corrected chi connectivity index (χ3v) is 5.49. The van der Waals surface area contributed by atoms with E-state index < -0.39 is 0 Å². The van der Waals surface area contributed by atoms with Gasteiger partial charge in [-0.3, -0.25) is 9.59 Å². The van der Waals surface area contributed by atoms with Crippen molar-refractivity contribution in [1.82, 2.24) is 4.57 Å². The van der Waals surface area contributed by atoms with Gasteiger partial charge in [0.1, 0.15) is 0 Å². The van der Waals surface area contributed by atoms with E-state index in [2.05, 4.69) is 28.9 Å². The molecule has 2 aromatic rings. The SMILES string of the molecule is CCCCc1cc2n(c1C(=O)c1ccc(Br)cc1)CCC2C(=O)OC(C)C. The topological polar surface area (TPSA) is 48.3 Å². The van der Waals surface area contributed by atoms with E-state index in [0.29, 0.717) is 18.5 Å². The number of halogens is 1. The van der Waals surface area contributed by atoms with Crippen molar-refractivity contribution in [3.8, 4) is 0 Å². The minimum absolute atomic E-state index is 0.0257. The van der Waals surface area contributed by atoms with Gasteiger partial charge in [0.2, 0.25) is 5.78 Å². The van der Waals surface area contributed by atoms with E-state index in [1.807, 2.05) is 42.7 Å². The van der Waals surface area contributed by atoms with E-state index in [4.69, 9.17) is 4.74 Å². The van der Waals surface area contributed by atoms with Gasteiger partial charge in [-0.25, -0.2) is 0 Å². The zero-order valence-corrected chi connectivity index (χ0v) is 17.7. The van der Waals surface area contributed by atoms with E-state index in [-0.39, 0.29) is 23.8 Å². The fourth-order valence-corrected chi connectivity index (χ4v) is 3.94. The average Bonchev–Trinajstić information content (AvgIpc) is 3.17. The molecule has 4 nitrogen and oxygen atoms in total. The maximum absolute atomic E-state index is 13.3. The van der Waals surface area contributed by atoms with Crippen LogP contribution in [0.25, 0.3) is 0 Å². The largest absolute Gasteiger partial charge is 0.462 e. The van der Waals surface area contributed by atoms with Gasteiger partial charge in [0.15, 0.2) is 0 Å². The van der Waals surface area contributed by atoms with Crippen molar-refractivity contribution >= 4 is 27.7 Å². The van der Waals surface area contributed by atoms with Crippen LogP contribution in [0.4, 0.5) is 0 Å². The Morgan fingerprint density at radius 3 is 2.59 bits per heavy atom. The molecule has 1 aliphatic rings. The molecule has 0 fully saturated rings. The summed E-state index contributed by atoms with van der Waals surface area (Å²) < 4.78 is 8.43. The Bertz CT molecular complexity index is 836. The molecule has 5 heteroatoms. The third kappa shape index (κ3) is 4.18. The van der Waals surface area contributed by atoms with Crippen LogP contribution in [-0.4, -0.2) is 22.4 Å². The fourth-order valence-electron chi connectivity index (χ4n) is 3.68. The minimum atomic E-state index is -0.278. The molecule has 1 aromatic carbocycles. The second-order valence-electron chi connectivity index (χ2n) is 7.36. The molecule has 1 aromatic heterocycles. The first-order valence-electron chi connectivity index (χ1n) is 9.65. The quantitative estimate of drug-likeness (QED) is 0.443. The van der Waals surface area contributed by atoms with Crippen molar-refractivity contribution in [2.75, 3.05) is 0 Å². The van der Waals surface area contributed by atoms with E-state index in [1.54, 1.807) is 0 Å². The van der Waals surface area contributed by atoms with Crippen LogP contribution in [0.15, 0.2) is 34.8 Å². The molecule has 0 N–H and O–H groups in total. The Labute approximate surface area is 169 Å². The van der Waals surface area contributed by atoms with Gasteiger partial charge in [-0.1, -0.05) is 29.3 Å². The van der Waals surface area contributed by atoms with Crippen LogP contribution in [0.5, 0.6) is 0 Å². The lowest BCUT2D eigenvalue weighted by Gasteiger charge is -2.12. The molecule has 1 atom stereocenters. The van der Waals surface area contributed by atoms with Crippen molar-refractivity contribution in [1.29, 1.82) is 0 Å². The molecule has 0 saturated carbocycles. The van der Waals surface area contributed by atoms with Gasteiger partial charge < -0.3 is 9.30 Å². The lowest BCUT2D eigenvalue weighted by atomic mass is 9.99. The van der Waals surface area contributed by atoms with E-state index >= 15 is 0 Å². The summed E-state index contributed by atoms with van der Waals surface area (Å²) in [5, 5.41) is 0. The highest BCUT2D eigenvalue weighted by Crippen LogP contribution is 2.35. The van der Waals surface area contributed by atoms with Crippen LogP contribution in [0.3, 0.4) is 0 Å². The highest BCUT2D eigenvalue weighted by Gasteiger charge is 2.35. The zero-order valence-electron chi connectivity index (χ0n) is 16.1. The second kappa shape index (κ2) is 8.42. The summed E-state index contributed by atoms with van der Waals surface area (Å²) >= 11 is 3.42. The number of esters is 1. The number of benzene rings is 1. The van der Waals surface area contributed by atoms with Crippen LogP contribution >= 0.6 is 15.9 Å². The van der Waals surface area contributed by atoms with Gasteiger partial charge in [-0.2, -0.15) is 0 Å². The predicted octanol–water partition coefficient (Wildman–Crippen LogP) is 5.26. The molecule has 1 unspecified atom stereocenters. The summed E-state index contributed by atoms with van der Waals surface area (Å²) in [5.41, 5.74) is 3.37. The molecule has 0 saturated heterocycles. The van der Waals surface area contributed by atoms with Gasteiger partial charge in [-0.15, -0.1) is 0 Å². The Morgan fingerprint density at radius 1 is 1.26 bits per heavy atom. The number of ether oxygens (including phenoxy) is 1. The molecule has 144 valence electrons. The van der Waals surface area contributed by atoms with Crippen LogP contribution in [0.2, 0.25) is 0 Å². The van der Waals surface area contributed by atoms with E-state index in [9.17, 15) is 9.59 Å². The van der Waals surface area contributed by atoms with Gasteiger partial charge in [0.25, 0.3) is 0 Å². The monoisotopic (exact) mass is 431 g/mol. The lowest BCUT2D eigenvalue weighted by molar-refractivity contribution is -0.149. The van der Waals surface area contributed by atoms with E-state index in [0.717, 1.165) is 40.7 Å². The summed E-state index contributed by atoms with van der Waals surface area (Å²) in [6.07, 6.45) is 3.48. The van der Waals surface area contributed by atoms with Crippen molar-refractivity contribution in [3.05, 3.63) is 57.3 Å². The number of carbonyl (C=O) groups is 2. The molecule has 0 bridgehead atoms. The van der Waals surface area contributed by atoms with Crippen molar-refractivity contribution in [3.63, 3.8) is 0 Å². The Kier molecular flexibility index (Phi) is 6.20. The Balaban J connectivity index is 1.99. The summed E-state index contributed by atoms with van der Waals surface area (Å²) in [7, 11) is 0. The number of hydrogen-bond donors (Lipinski definition) is 0. The summed E-state index contributed by atoms with van der Waals surface area (Å²) in [4.78, 5) is 25.8. The number of aryl methyl sites for hydroxylation is 1. The van der Waals surface area contributed by atoms with Crippen LogP contribution in [0.1, 0.15) is 73.3 Å². The van der Waals surface area contributed by atoms with Crippen molar-refractivity contribution in [2.45, 2.75) is 65.0 Å². The van der Waals surface area contributed by atoms with Gasteiger partial charge in [-0.05, 0) is 69.0 Å². The van der Waals surface area contributed by atoms with E-state index in [1.165, 1.54) is 0 Å². The number of unbranched alkanes of at least 4 members (excludes halogenated alkanes) is 1.